The molecule has 0 spiro atoms. The van der Waals surface area contributed by atoms with E-state index in [0.29, 0.717) is 5.13 Å². The van der Waals surface area contributed by atoms with Crippen LogP contribution in [0, 0.1) is 6.92 Å². The standard InChI is InChI=1S/C11H11N3O3S/c1-7-6-18-11(12-7)13-9(15)5-14-4-2-3-8(14)10(16)17/h2-4,6H,5H2,1H3,(H,16,17)(H,12,13,15). The summed E-state index contributed by atoms with van der Waals surface area (Å²) in [5, 5.41) is 13.9. The molecule has 2 N–H and O–H groups in total. The van der Waals surface area contributed by atoms with Gasteiger partial charge in [0.1, 0.15) is 12.2 Å². The zero-order valence-corrected chi connectivity index (χ0v) is 10.4. The summed E-state index contributed by atoms with van der Waals surface area (Å²) < 4.78 is 1.37. The lowest BCUT2D eigenvalue weighted by Gasteiger charge is -2.05. The van der Waals surface area contributed by atoms with Gasteiger partial charge in [0.15, 0.2) is 5.13 Å². The molecule has 0 aromatic carbocycles. The van der Waals surface area contributed by atoms with Crippen LogP contribution in [0.25, 0.3) is 0 Å². The van der Waals surface area contributed by atoms with E-state index in [2.05, 4.69) is 10.3 Å². The van der Waals surface area contributed by atoms with Crippen LogP contribution in [-0.4, -0.2) is 26.5 Å². The Morgan fingerprint density at radius 1 is 1.56 bits per heavy atom. The van der Waals surface area contributed by atoms with Gasteiger partial charge in [-0.1, -0.05) is 0 Å². The summed E-state index contributed by atoms with van der Waals surface area (Å²) in [6.45, 7) is 1.79. The van der Waals surface area contributed by atoms with Gasteiger partial charge in [0.05, 0.1) is 5.69 Å². The normalized spacial score (nSPS) is 10.3. The third-order valence-corrected chi connectivity index (χ3v) is 3.10. The number of hydrogen-bond acceptors (Lipinski definition) is 4. The van der Waals surface area contributed by atoms with Crippen molar-refractivity contribution in [2.24, 2.45) is 0 Å². The monoisotopic (exact) mass is 265 g/mol. The smallest absolute Gasteiger partial charge is 0.352 e. The molecule has 0 aliphatic heterocycles. The zero-order chi connectivity index (χ0) is 13.1. The fraction of sp³-hybridized carbons (Fsp3) is 0.182. The van der Waals surface area contributed by atoms with E-state index in [-0.39, 0.29) is 18.1 Å². The first-order valence-corrected chi connectivity index (χ1v) is 6.04. The molecule has 0 atom stereocenters. The average Bonchev–Trinajstić information content (AvgIpc) is 2.87. The molecule has 18 heavy (non-hydrogen) atoms. The Hall–Kier alpha value is -2.15. The quantitative estimate of drug-likeness (QED) is 0.879. The molecule has 0 bridgehead atoms. The number of carbonyl (C=O) groups is 2. The lowest BCUT2D eigenvalue weighted by Crippen LogP contribution is -2.20. The van der Waals surface area contributed by atoms with Gasteiger partial charge in [-0.05, 0) is 19.1 Å². The van der Waals surface area contributed by atoms with Crippen LogP contribution in [0.1, 0.15) is 16.2 Å². The summed E-state index contributed by atoms with van der Waals surface area (Å²) in [4.78, 5) is 26.7. The molecule has 0 radical (unpaired) electrons. The summed E-state index contributed by atoms with van der Waals surface area (Å²) in [6, 6.07) is 3.04. The van der Waals surface area contributed by atoms with Crippen molar-refractivity contribution < 1.29 is 14.7 Å². The van der Waals surface area contributed by atoms with Crippen LogP contribution < -0.4 is 5.32 Å². The maximum absolute atomic E-state index is 11.7. The number of aryl methyl sites for hydroxylation is 1. The predicted octanol–water partition coefficient (Wildman–Crippen LogP) is 1.59. The second-order valence-corrected chi connectivity index (χ2v) is 4.53. The lowest BCUT2D eigenvalue weighted by molar-refractivity contribution is -0.116. The number of rotatable bonds is 4. The first-order valence-electron chi connectivity index (χ1n) is 5.16. The van der Waals surface area contributed by atoms with Gasteiger partial charge in [0.2, 0.25) is 5.91 Å². The Morgan fingerprint density at radius 2 is 2.33 bits per heavy atom. The zero-order valence-electron chi connectivity index (χ0n) is 9.58. The van der Waals surface area contributed by atoms with Gasteiger partial charge < -0.3 is 15.0 Å². The van der Waals surface area contributed by atoms with E-state index in [0.717, 1.165) is 5.69 Å². The maximum Gasteiger partial charge on any atom is 0.352 e. The van der Waals surface area contributed by atoms with Crippen molar-refractivity contribution in [1.29, 1.82) is 0 Å². The fourth-order valence-electron chi connectivity index (χ4n) is 1.47. The number of aromatic carboxylic acids is 1. The Labute approximate surface area is 107 Å². The molecule has 0 unspecified atom stereocenters. The van der Waals surface area contributed by atoms with E-state index in [9.17, 15) is 9.59 Å². The van der Waals surface area contributed by atoms with E-state index in [1.807, 2.05) is 12.3 Å². The first kappa shape index (κ1) is 12.3. The second kappa shape index (κ2) is 5.01. The van der Waals surface area contributed by atoms with Gasteiger partial charge in [-0.25, -0.2) is 9.78 Å². The summed E-state index contributed by atoms with van der Waals surface area (Å²) in [5.41, 5.74) is 0.919. The van der Waals surface area contributed by atoms with Gasteiger partial charge in [-0.15, -0.1) is 11.3 Å². The Kier molecular flexibility index (Phi) is 3.42. The van der Waals surface area contributed by atoms with Crippen molar-refractivity contribution in [2.45, 2.75) is 13.5 Å². The summed E-state index contributed by atoms with van der Waals surface area (Å²) >= 11 is 1.33. The van der Waals surface area contributed by atoms with E-state index >= 15 is 0 Å². The molecule has 1 amide bonds. The van der Waals surface area contributed by atoms with Crippen molar-refractivity contribution >= 4 is 28.3 Å². The second-order valence-electron chi connectivity index (χ2n) is 3.67. The molecule has 2 aromatic heterocycles. The van der Waals surface area contributed by atoms with Crippen molar-refractivity contribution in [2.75, 3.05) is 5.32 Å². The van der Waals surface area contributed by atoms with Crippen LogP contribution in [0.15, 0.2) is 23.7 Å². The molecule has 0 saturated carbocycles. The van der Waals surface area contributed by atoms with Crippen LogP contribution in [-0.2, 0) is 11.3 Å². The molecule has 0 aliphatic carbocycles. The molecular formula is C11H11N3O3S. The highest BCUT2D eigenvalue weighted by Crippen LogP contribution is 2.14. The highest BCUT2D eigenvalue weighted by atomic mass is 32.1. The molecule has 0 saturated heterocycles. The number of hydrogen-bond donors (Lipinski definition) is 2. The van der Waals surface area contributed by atoms with Crippen LogP contribution in [0.2, 0.25) is 0 Å². The minimum absolute atomic E-state index is 0.0484. The first-order chi connectivity index (χ1) is 8.56. The van der Waals surface area contributed by atoms with Crippen molar-refractivity contribution in [3.05, 3.63) is 35.1 Å². The predicted molar refractivity (Wildman–Crippen MR) is 66.9 cm³/mol. The topological polar surface area (TPSA) is 84.2 Å². The fourth-order valence-corrected chi connectivity index (χ4v) is 2.18. The molecule has 2 heterocycles. The van der Waals surface area contributed by atoms with Gasteiger partial charge >= 0.3 is 5.97 Å². The molecule has 6 nitrogen and oxygen atoms in total. The highest BCUT2D eigenvalue weighted by molar-refractivity contribution is 7.13. The van der Waals surface area contributed by atoms with Crippen molar-refractivity contribution in [3.63, 3.8) is 0 Å². The number of carboxylic acid groups (broad SMARTS) is 1. The number of nitrogens with one attached hydrogen (secondary N) is 1. The van der Waals surface area contributed by atoms with Crippen molar-refractivity contribution in [1.82, 2.24) is 9.55 Å². The van der Waals surface area contributed by atoms with Crippen LogP contribution in [0.5, 0.6) is 0 Å². The van der Waals surface area contributed by atoms with E-state index in [4.69, 9.17) is 5.11 Å². The van der Waals surface area contributed by atoms with Crippen molar-refractivity contribution in [3.8, 4) is 0 Å². The van der Waals surface area contributed by atoms with Gasteiger partial charge in [-0.3, -0.25) is 4.79 Å². The molecule has 7 heteroatoms. The maximum atomic E-state index is 11.7. The molecular weight excluding hydrogens is 254 g/mol. The summed E-state index contributed by atoms with van der Waals surface area (Å²) in [6.07, 6.45) is 1.55. The van der Waals surface area contributed by atoms with Crippen LogP contribution in [0.4, 0.5) is 5.13 Å². The molecule has 2 rings (SSSR count). The minimum Gasteiger partial charge on any atom is -0.477 e. The van der Waals surface area contributed by atoms with Gasteiger partial charge in [-0.2, -0.15) is 0 Å². The Morgan fingerprint density at radius 3 is 2.94 bits per heavy atom. The number of anilines is 1. The SMILES string of the molecule is Cc1csc(NC(=O)Cn2cccc2C(=O)O)n1. The third-order valence-electron chi connectivity index (χ3n) is 2.23. The van der Waals surface area contributed by atoms with E-state index in [1.165, 1.54) is 22.0 Å². The number of thiazole rings is 1. The lowest BCUT2D eigenvalue weighted by atomic mass is 10.4. The number of carbonyl (C=O) groups excluding carboxylic acids is 1. The summed E-state index contributed by atoms with van der Waals surface area (Å²) in [7, 11) is 0. The third kappa shape index (κ3) is 2.75. The molecule has 0 aliphatic rings. The van der Waals surface area contributed by atoms with Crippen LogP contribution >= 0.6 is 11.3 Å². The molecule has 94 valence electrons. The van der Waals surface area contributed by atoms with E-state index in [1.54, 1.807) is 12.3 Å². The Balaban J connectivity index is 2.03. The average molecular weight is 265 g/mol. The van der Waals surface area contributed by atoms with E-state index < -0.39 is 5.97 Å². The highest BCUT2D eigenvalue weighted by Gasteiger charge is 2.12. The number of amides is 1. The Bertz CT molecular complexity index is 588. The number of nitrogens with zero attached hydrogens (tertiary/aromatic N) is 2. The number of aromatic nitrogens is 2. The van der Waals surface area contributed by atoms with Gasteiger partial charge in [0, 0.05) is 11.6 Å². The summed E-state index contributed by atoms with van der Waals surface area (Å²) in [5.74, 6) is -1.36. The minimum atomic E-state index is -1.06. The largest absolute Gasteiger partial charge is 0.477 e. The van der Waals surface area contributed by atoms with Crippen LogP contribution in [0.3, 0.4) is 0 Å². The molecule has 0 fully saturated rings. The number of carboxylic acids is 1. The van der Waals surface area contributed by atoms with Gasteiger partial charge in [0.25, 0.3) is 0 Å². The molecule has 2 aromatic rings.